The second-order valence-corrected chi connectivity index (χ2v) is 17.3. The second kappa shape index (κ2) is 26.3. The number of thioether (sulfide) groups is 1. The van der Waals surface area contributed by atoms with Crippen molar-refractivity contribution in [2.75, 3.05) is 19.8 Å². The average Bonchev–Trinajstić information content (AvgIpc) is 3.23. The van der Waals surface area contributed by atoms with E-state index in [2.05, 4.69) is 16.0 Å². The molecular formula is C44H59N3O22S. The van der Waals surface area contributed by atoms with Gasteiger partial charge in [-0.1, -0.05) is 30.0 Å². The Morgan fingerprint density at radius 1 is 0.429 bits per heavy atom. The molecule has 15 atom stereocenters. The highest BCUT2D eigenvalue weighted by Gasteiger charge is 2.56. The number of carbonyl (C=O) groups excluding carboxylic acids is 10. The maximum atomic E-state index is 12.8. The fraction of sp³-hybridized carbons (Fsp3) is 0.636. The van der Waals surface area contributed by atoms with E-state index in [9.17, 15) is 47.9 Å². The molecule has 4 rings (SSSR count). The van der Waals surface area contributed by atoms with Gasteiger partial charge in [-0.3, -0.25) is 47.9 Å². The van der Waals surface area contributed by atoms with Crippen LogP contribution in [0.5, 0.6) is 0 Å². The molecule has 3 heterocycles. The number of benzene rings is 1. The van der Waals surface area contributed by atoms with Crippen molar-refractivity contribution in [1.82, 2.24) is 16.0 Å². The van der Waals surface area contributed by atoms with E-state index in [1.54, 1.807) is 30.3 Å². The van der Waals surface area contributed by atoms with Crippen LogP contribution in [-0.4, -0.2) is 170 Å². The zero-order valence-corrected chi connectivity index (χ0v) is 40.9. The molecule has 0 spiro atoms. The number of carbonyl (C=O) groups is 10. The largest absolute Gasteiger partial charge is 0.463 e. The number of esters is 7. The third-order valence-electron chi connectivity index (χ3n) is 10.2. The van der Waals surface area contributed by atoms with Gasteiger partial charge in [-0.05, 0) is 12.1 Å². The Morgan fingerprint density at radius 2 is 0.757 bits per heavy atom. The van der Waals surface area contributed by atoms with Crippen molar-refractivity contribution in [1.29, 1.82) is 0 Å². The van der Waals surface area contributed by atoms with Crippen LogP contribution in [0.2, 0.25) is 0 Å². The van der Waals surface area contributed by atoms with Crippen LogP contribution in [0.4, 0.5) is 0 Å². The van der Waals surface area contributed by atoms with E-state index >= 15 is 0 Å². The molecule has 388 valence electrons. The van der Waals surface area contributed by atoms with Crippen LogP contribution in [0, 0.1) is 0 Å². The molecule has 26 heteroatoms. The Kier molecular flexibility index (Phi) is 21.3. The van der Waals surface area contributed by atoms with Gasteiger partial charge < -0.3 is 72.8 Å². The molecule has 70 heavy (non-hydrogen) atoms. The van der Waals surface area contributed by atoms with E-state index in [1.165, 1.54) is 6.92 Å². The summed E-state index contributed by atoms with van der Waals surface area (Å²) in [7, 11) is 0. The Balaban J connectivity index is 1.79. The zero-order valence-electron chi connectivity index (χ0n) is 40.1. The van der Waals surface area contributed by atoms with Gasteiger partial charge in [-0.2, -0.15) is 0 Å². The standard InChI is InChI=1S/C44H59N3O22S/c1-19(48)45-33-39(64-26(8)55)36(61-23(5)52)30(16-58-22(4)51)67-42(33)59-17-31-37(62-24(6)53)40(65-27(9)56)34(46-20(2)49)43(68-31)60-18-32-38(63-25(7)54)41(66-28(10)57)35(47-21(3)50)44(69-32)70-29-14-12-11-13-15-29/h11-15,30-44H,16-18H2,1-10H3,(H,45,48)(H,46,49)(H,47,50)/t30-,31-,32-,33-,34-,35-,36-,37-,38-,39-,40-,41-,42-,43-,44+/m1/s1. The smallest absolute Gasteiger partial charge is 0.303 e. The predicted molar refractivity (Wildman–Crippen MR) is 233 cm³/mol. The van der Waals surface area contributed by atoms with Crippen molar-refractivity contribution in [2.24, 2.45) is 0 Å². The Morgan fingerprint density at radius 3 is 1.11 bits per heavy atom. The third-order valence-corrected chi connectivity index (χ3v) is 11.3. The minimum Gasteiger partial charge on any atom is -0.463 e. The Labute approximate surface area is 406 Å². The molecule has 25 nitrogen and oxygen atoms in total. The number of amides is 3. The fourth-order valence-electron chi connectivity index (χ4n) is 7.87. The molecule has 3 amide bonds. The first-order valence-electron chi connectivity index (χ1n) is 21.8. The van der Waals surface area contributed by atoms with Crippen LogP contribution in [0.25, 0.3) is 0 Å². The quantitative estimate of drug-likeness (QED) is 0.118. The summed E-state index contributed by atoms with van der Waals surface area (Å²) in [4.78, 5) is 126. The minimum atomic E-state index is -1.69. The Bertz CT molecular complexity index is 2060. The van der Waals surface area contributed by atoms with Gasteiger partial charge in [0.1, 0.15) is 48.5 Å². The molecular weight excluding hydrogens is 955 g/mol. The lowest BCUT2D eigenvalue weighted by Gasteiger charge is -2.48. The van der Waals surface area contributed by atoms with Crippen LogP contribution >= 0.6 is 11.8 Å². The summed E-state index contributed by atoms with van der Waals surface area (Å²) in [5.74, 6) is -7.85. The highest BCUT2D eigenvalue weighted by Crippen LogP contribution is 2.37. The second-order valence-electron chi connectivity index (χ2n) is 16.2. The maximum absolute atomic E-state index is 12.8. The van der Waals surface area contributed by atoms with E-state index in [0.717, 1.165) is 74.1 Å². The molecule has 0 aliphatic carbocycles. The van der Waals surface area contributed by atoms with Gasteiger partial charge >= 0.3 is 41.8 Å². The molecule has 0 radical (unpaired) electrons. The average molecular weight is 1010 g/mol. The van der Waals surface area contributed by atoms with Crippen molar-refractivity contribution in [3.05, 3.63) is 30.3 Å². The van der Waals surface area contributed by atoms with E-state index < -0.39 is 170 Å². The van der Waals surface area contributed by atoms with E-state index in [4.69, 9.17) is 56.8 Å². The van der Waals surface area contributed by atoms with Crippen molar-refractivity contribution < 1.29 is 105 Å². The molecule has 1 aromatic carbocycles. The zero-order chi connectivity index (χ0) is 52.0. The van der Waals surface area contributed by atoms with Gasteiger partial charge in [0, 0.05) is 74.1 Å². The van der Waals surface area contributed by atoms with Gasteiger partial charge in [0.15, 0.2) is 49.2 Å². The molecule has 3 saturated heterocycles. The van der Waals surface area contributed by atoms with Gasteiger partial charge in [-0.25, -0.2) is 0 Å². The van der Waals surface area contributed by atoms with Gasteiger partial charge in [-0.15, -0.1) is 0 Å². The summed E-state index contributed by atoms with van der Waals surface area (Å²) < 4.78 is 70.5. The summed E-state index contributed by atoms with van der Waals surface area (Å²) in [6.07, 6.45) is -16.6. The van der Waals surface area contributed by atoms with E-state index in [-0.39, 0.29) is 0 Å². The molecule has 3 N–H and O–H groups in total. The molecule has 0 bridgehead atoms. The summed E-state index contributed by atoms with van der Waals surface area (Å²) >= 11 is 1.14. The predicted octanol–water partition coefficient (Wildman–Crippen LogP) is -0.346. The fourth-order valence-corrected chi connectivity index (χ4v) is 9.02. The number of ether oxygens (including phenoxy) is 12. The number of hydrogen-bond donors (Lipinski definition) is 3. The van der Waals surface area contributed by atoms with E-state index in [0.29, 0.717) is 4.90 Å². The first-order valence-corrected chi connectivity index (χ1v) is 22.7. The number of hydrogen-bond acceptors (Lipinski definition) is 23. The highest BCUT2D eigenvalue weighted by atomic mass is 32.2. The van der Waals surface area contributed by atoms with Crippen molar-refractivity contribution in [2.45, 2.75) is 165 Å². The number of rotatable bonds is 19. The van der Waals surface area contributed by atoms with Gasteiger partial charge in [0.05, 0.1) is 13.2 Å². The molecule has 0 unspecified atom stereocenters. The van der Waals surface area contributed by atoms with Crippen LogP contribution in [0.15, 0.2) is 35.2 Å². The highest BCUT2D eigenvalue weighted by molar-refractivity contribution is 7.99. The van der Waals surface area contributed by atoms with Crippen LogP contribution in [-0.2, 0) is 105 Å². The van der Waals surface area contributed by atoms with Crippen molar-refractivity contribution in [3.63, 3.8) is 0 Å². The summed E-state index contributed by atoms with van der Waals surface area (Å²) in [6, 6.07) is 4.79. The molecule has 0 saturated carbocycles. The molecule has 0 aromatic heterocycles. The summed E-state index contributed by atoms with van der Waals surface area (Å²) in [5.41, 5.74) is -1.04. The van der Waals surface area contributed by atoms with Crippen molar-refractivity contribution >= 4 is 71.3 Å². The summed E-state index contributed by atoms with van der Waals surface area (Å²) in [5, 5.41) is 7.90. The van der Waals surface area contributed by atoms with E-state index in [1.807, 2.05) is 0 Å². The first kappa shape index (κ1) is 56.7. The van der Waals surface area contributed by atoms with Crippen LogP contribution in [0.3, 0.4) is 0 Å². The van der Waals surface area contributed by atoms with Gasteiger partial charge in [0.25, 0.3) is 0 Å². The van der Waals surface area contributed by atoms with Crippen LogP contribution < -0.4 is 16.0 Å². The lowest BCUT2D eigenvalue weighted by atomic mass is 9.95. The SMILES string of the molecule is CC(=O)N[C@@H]1[C@@H](OC(C)=O)[C@H](OC(C)=O)[C@@H](CO[C@@H]2O[C@H](CO[C@@H]3O[C@H](COC(C)=O)[C@@H](OC(C)=O)[C@H](OC(C)=O)[C@H]3NC(C)=O)[C@@H](OC(C)=O)[C@H](OC(C)=O)[C@H]2NC(C)=O)O[C@H]1Sc1ccccc1. The molecule has 3 aliphatic heterocycles. The molecule has 3 fully saturated rings. The van der Waals surface area contributed by atoms with Crippen LogP contribution in [0.1, 0.15) is 69.2 Å². The topological polar surface area (TPSA) is 318 Å². The minimum absolute atomic E-state index is 0.533. The third kappa shape index (κ3) is 16.9. The monoisotopic (exact) mass is 1010 g/mol. The van der Waals surface area contributed by atoms with Crippen molar-refractivity contribution in [3.8, 4) is 0 Å². The summed E-state index contributed by atoms with van der Waals surface area (Å²) in [6.45, 7) is 9.14. The maximum Gasteiger partial charge on any atom is 0.303 e. The molecule has 1 aromatic rings. The first-order chi connectivity index (χ1) is 32.9. The normalized spacial score (nSPS) is 30.5. The lowest BCUT2D eigenvalue weighted by molar-refractivity contribution is -0.311. The van der Waals surface area contributed by atoms with Gasteiger partial charge in [0.2, 0.25) is 17.7 Å². The lowest BCUT2D eigenvalue weighted by Crippen LogP contribution is -2.69. The molecule has 3 aliphatic rings. The number of nitrogens with one attached hydrogen (secondary N) is 3. The Hall–Kier alpha value is -5.93.